The summed E-state index contributed by atoms with van der Waals surface area (Å²) in [7, 11) is 0. The zero-order chi connectivity index (χ0) is 14.5. The molecular formula is C15H20N2O3. The van der Waals surface area contributed by atoms with Gasteiger partial charge in [-0.2, -0.15) is 0 Å². The molecule has 2 amide bonds. The normalized spacial score (nSPS) is 19.3. The summed E-state index contributed by atoms with van der Waals surface area (Å²) < 4.78 is 5.68. The van der Waals surface area contributed by atoms with Crippen molar-refractivity contribution in [1.82, 2.24) is 10.6 Å². The van der Waals surface area contributed by atoms with Crippen LogP contribution in [-0.2, 0) is 9.59 Å². The van der Waals surface area contributed by atoms with Crippen LogP contribution >= 0.6 is 0 Å². The Balaban J connectivity index is 1.78. The maximum atomic E-state index is 11.9. The van der Waals surface area contributed by atoms with E-state index in [1.54, 1.807) is 0 Å². The molecule has 0 aromatic heterocycles. The van der Waals surface area contributed by atoms with Crippen molar-refractivity contribution in [2.75, 3.05) is 6.61 Å². The Morgan fingerprint density at radius 3 is 2.90 bits per heavy atom. The SMILES string of the molecule is Cc1ccccc1OC[C@@H](C)NC(=O)[C@H]1CCC(=O)N1. The van der Waals surface area contributed by atoms with Gasteiger partial charge in [0.15, 0.2) is 0 Å². The van der Waals surface area contributed by atoms with Crippen molar-refractivity contribution in [3.8, 4) is 5.75 Å². The fraction of sp³-hybridized carbons (Fsp3) is 0.467. The van der Waals surface area contributed by atoms with Crippen LogP contribution in [0.5, 0.6) is 5.75 Å². The minimum Gasteiger partial charge on any atom is -0.491 e. The highest BCUT2D eigenvalue weighted by Crippen LogP contribution is 2.16. The molecule has 0 spiro atoms. The van der Waals surface area contributed by atoms with Crippen LogP contribution in [0.1, 0.15) is 25.3 Å². The fourth-order valence-corrected chi connectivity index (χ4v) is 2.13. The van der Waals surface area contributed by atoms with Crippen LogP contribution < -0.4 is 15.4 Å². The number of aryl methyl sites for hydroxylation is 1. The van der Waals surface area contributed by atoms with Crippen molar-refractivity contribution in [3.63, 3.8) is 0 Å². The molecule has 1 aliphatic rings. The molecule has 20 heavy (non-hydrogen) atoms. The van der Waals surface area contributed by atoms with Gasteiger partial charge in [0, 0.05) is 6.42 Å². The Labute approximate surface area is 118 Å². The minimum absolute atomic E-state index is 0.0611. The van der Waals surface area contributed by atoms with E-state index in [0.29, 0.717) is 19.4 Å². The first kappa shape index (κ1) is 14.4. The molecule has 1 aromatic rings. The molecule has 1 saturated heterocycles. The van der Waals surface area contributed by atoms with Crippen molar-refractivity contribution >= 4 is 11.8 Å². The quantitative estimate of drug-likeness (QED) is 0.848. The number of carbonyl (C=O) groups is 2. The average molecular weight is 276 g/mol. The summed E-state index contributed by atoms with van der Waals surface area (Å²) in [5.41, 5.74) is 1.06. The Kier molecular flexibility index (Phi) is 4.61. The molecule has 0 bridgehead atoms. The summed E-state index contributed by atoms with van der Waals surface area (Å²) in [5.74, 6) is 0.619. The predicted molar refractivity (Wildman–Crippen MR) is 75.4 cm³/mol. The second kappa shape index (κ2) is 6.41. The first-order valence-corrected chi connectivity index (χ1v) is 6.84. The minimum atomic E-state index is -0.400. The molecule has 5 nitrogen and oxygen atoms in total. The van der Waals surface area contributed by atoms with Crippen LogP contribution in [0.25, 0.3) is 0 Å². The molecule has 1 heterocycles. The van der Waals surface area contributed by atoms with E-state index in [1.807, 2.05) is 38.1 Å². The van der Waals surface area contributed by atoms with E-state index in [9.17, 15) is 9.59 Å². The maximum Gasteiger partial charge on any atom is 0.242 e. The molecule has 5 heteroatoms. The number of para-hydroxylation sites is 1. The third-order valence-electron chi connectivity index (χ3n) is 3.28. The van der Waals surface area contributed by atoms with E-state index in [2.05, 4.69) is 10.6 Å². The van der Waals surface area contributed by atoms with Crippen molar-refractivity contribution in [2.45, 2.75) is 38.8 Å². The number of nitrogens with one attached hydrogen (secondary N) is 2. The second-order valence-corrected chi connectivity index (χ2v) is 5.14. The molecule has 1 aliphatic heterocycles. The van der Waals surface area contributed by atoms with Gasteiger partial charge in [-0.25, -0.2) is 0 Å². The van der Waals surface area contributed by atoms with Crippen LogP contribution in [0.4, 0.5) is 0 Å². The summed E-state index contributed by atoms with van der Waals surface area (Å²) in [4.78, 5) is 23.0. The van der Waals surface area contributed by atoms with E-state index in [4.69, 9.17) is 4.74 Å². The number of amides is 2. The molecule has 2 rings (SSSR count). The van der Waals surface area contributed by atoms with Gasteiger partial charge in [0.2, 0.25) is 11.8 Å². The van der Waals surface area contributed by atoms with Crippen LogP contribution in [0.2, 0.25) is 0 Å². The van der Waals surface area contributed by atoms with Crippen LogP contribution in [0, 0.1) is 6.92 Å². The van der Waals surface area contributed by atoms with E-state index in [-0.39, 0.29) is 17.9 Å². The Hall–Kier alpha value is -2.04. The highest BCUT2D eigenvalue weighted by Gasteiger charge is 2.27. The fourth-order valence-electron chi connectivity index (χ4n) is 2.13. The standard InChI is InChI=1S/C15H20N2O3/c1-10-5-3-4-6-13(10)20-9-11(2)16-15(19)12-7-8-14(18)17-12/h3-6,11-12H,7-9H2,1-2H3,(H,16,19)(H,17,18)/t11-,12-/m1/s1. The van der Waals surface area contributed by atoms with E-state index in [1.165, 1.54) is 0 Å². The number of hydrogen-bond acceptors (Lipinski definition) is 3. The lowest BCUT2D eigenvalue weighted by atomic mass is 10.2. The Morgan fingerprint density at radius 1 is 1.50 bits per heavy atom. The third kappa shape index (κ3) is 3.73. The Morgan fingerprint density at radius 2 is 2.25 bits per heavy atom. The van der Waals surface area contributed by atoms with Crippen molar-refractivity contribution < 1.29 is 14.3 Å². The van der Waals surface area contributed by atoms with Crippen molar-refractivity contribution in [3.05, 3.63) is 29.8 Å². The van der Waals surface area contributed by atoms with E-state index in [0.717, 1.165) is 11.3 Å². The number of ether oxygens (including phenoxy) is 1. The summed E-state index contributed by atoms with van der Waals surface area (Å²) in [6, 6.07) is 7.24. The molecule has 0 saturated carbocycles. The predicted octanol–water partition coefficient (Wildman–Crippen LogP) is 1.16. The van der Waals surface area contributed by atoms with E-state index < -0.39 is 6.04 Å². The largest absolute Gasteiger partial charge is 0.491 e. The highest BCUT2D eigenvalue weighted by molar-refractivity contribution is 5.90. The van der Waals surface area contributed by atoms with Gasteiger partial charge in [-0.15, -0.1) is 0 Å². The smallest absolute Gasteiger partial charge is 0.242 e. The zero-order valence-electron chi connectivity index (χ0n) is 11.8. The number of rotatable bonds is 5. The topological polar surface area (TPSA) is 67.4 Å². The van der Waals surface area contributed by atoms with Crippen LogP contribution in [0.3, 0.4) is 0 Å². The summed E-state index contributed by atoms with van der Waals surface area (Å²) in [6.45, 7) is 4.26. The zero-order valence-corrected chi connectivity index (χ0v) is 11.8. The van der Waals surface area contributed by atoms with Crippen molar-refractivity contribution in [1.29, 1.82) is 0 Å². The molecular weight excluding hydrogens is 256 g/mol. The van der Waals surface area contributed by atoms with Crippen LogP contribution in [-0.4, -0.2) is 30.5 Å². The first-order chi connectivity index (χ1) is 9.56. The number of benzene rings is 1. The molecule has 2 atom stereocenters. The molecule has 1 aromatic carbocycles. The van der Waals surface area contributed by atoms with Gasteiger partial charge in [-0.1, -0.05) is 18.2 Å². The van der Waals surface area contributed by atoms with Gasteiger partial charge in [0.05, 0.1) is 6.04 Å². The Bertz CT molecular complexity index is 502. The molecule has 2 N–H and O–H groups in total. The van der Waals surface area contributed by atoms with Crippen LogP contribution in [0.15, 0.2) is 24.3 Å². The summed E-state index contributed by atoms with van der Waals surface area (Å²) >= 11 is 0. The first-order valence-electron chi connectivity index (χ1n) is 6.84. The molecule has 0 unspecified atom stereocenters. The van der Waals surface area contributed by atoms with E-state index >= 15 is 0 Å². The van der Waals surface area contributed by atoms with Gasteiger partial charge < -0.3 is 15.4 Å². The second-order valence-electron chi connectivity index (χ2n) is 5.14. The number of hydrogen-bond donors (Lipinski definition) is 2. The third-order valence-corrected chi connectivity index (χ3v) is 3.28. The van der Waals surface area contributed by atoms with Crippen molar-refractivity contribution in [2.24, 2.45) is 0 Å². The summed E-state index contributed by atoms with van der Waals surface area (Å²) in [6.07, 6.45) is 0.988. The lowest BCUT2D eigenvalue weighted by Gasteiger charge is -2.18. The van der Waals surface area contributed by atoms with Gasteiger partial charge in [0.1, 0.15) is 18.4 Å². The lowest BCUT2D eigenvalue weighted by Crippen LogP contribution is -2.46. The number of carbonyl (C=O) groups excluding carboxylic acids is 2. The lowest BCUT2D eigenvalue weighted by molar-refractivity contribution is -0.126. The molecule has 0 aliphatic carbocycles. The summed E-state index contributed by atoms with van der Waals surface area (Å²) in [5, 5.41) is 5.50. The highest BCUT2D eigenvalue weighted by atomic mass is 16.5. The maximum absolute atomic E-state index is 11.9. The van der Waals surface area contributed by atoms with Gasteiger partial charge in [-0.3, -0.25) is 9.59 Å². The monoisotopic (exact) mass is 276 g/mol. The van der Waals surface area contributed by atoms with Gasteiger partial charge in [-0.05, 0) is 31.9 Å². The van der Waals surface area contributed by atoms with Gasteiger partial charge >= 0.3 is 0 Å². The molecule has 108 valence electrons. The molecule has 0 radical (unpaired) electrons. The molecule has 1 fully saturated rings. The van der Waals surface area contributed by atoms with Gasteiger partial charge in [0.25, 0.3) is 0 Å². The average Bonchev–Trinajstić information content (AvgIpc) is 2.84.